The maximum Gasteiger partial charge on any atom is 0.272 e. The fraction of sp³-hybridized carbons (Fsp3) is 0.692. The second-order valence-corrected chi connectivity index (χ2v) is 4.99. The summed E-state index contributed by atoms with van der Waals surface area (Å²) in [6.45, 7) is 2.67. The van der Waals surface area contributed by atoms with Crippen molar-refractivity contribution in [2.24, 2.45) is 11.7 Å². The van der Waals surface area contributed by atoms with E-state index in [9.17, 15) is 4.79 Å². The number of hydrogen-bond acceptors (Lipinski definition) is 3. The van der Waals surface area contributed by atoms with Gasteiger partial charge in [0.2, 0.25) is 0 Å². The Hall–Kier alpha value is -1.07. The highest BCUT2D eigenvalue weighted by Crippen LogP contribution is 2.23. The van der Waals surface area contributed by atoms with E-state index in [2.05, 4.69) is 15.5 Å². The molecule has 2 unspecified atom stereocenters. The van der Waals surface area contributed by atoms with E-state index in [-0.39, 0.29) is 24.4 Å². The van der Waals surface area contributed by atoms with Crippen molar-refractivity contribution in [3.63, 3.8) is 0 Å². The summed E-state index contributed by atoms with van der Waals surface area (Å²) in [4.78, 5) is 12.1. The van der Waals surface area contributed by atoms with Crippen LogP contribution >= 0.6 is 12.4 Å². The lowest BCUT2D eigenvalue weighted by atomic mass is 9.84. The maximum atomic E-state index is 12.1. The van der Waals surface area contributed by atoms with E-state index >= 15 is 0 Å². The first kappa shape index (κ1) is 16.0. The number of carbonyl (C=O) groups is 1. The zero-order chi connectivity index (χ0) is 13.0. The fourth-order valence-corrected chi connectivity index (χ4v) is 2.58. The standard InChI is InChI=1S/C13H22N4O.ClH/c1-2-10-7-12(17-16-10)13(18)15-11-6-4-3-5-9(11)8-14;/h7,9,11H,2-6,8,14H2,1H3,(H,15,18)(H,16,17);1H. The second-order valence-electron chi connectivity index (χ2n) is 4.99. The third kappa shape index (κ3) is 3.94. The van der Waals surface area contributed by atoms with E-state index in [1.165, 1.54) is 12.8 Å². The summed E-state index contributed by atoms with van der Waals surface area (Å²) in [5.41, 5.74) is 7.23. The summed E-state index contributed by atoms with van der Waals surface area (Å²) < 4.78 is 0. The highest BCUT2D eigenvalue weighted by molar-refractivity contribution is 5.92. The van der Waals surface area contributed by atoms with E-state index in [1.807, 2.05) is 13.0 Å². The van der Waals surface area contributed by atoms with E-state index in [1.54, 1.807) is 0 Å². The van der Waals surface area contributed by atoms with Crippen LogP contribution in [0.3, 0.4) is 0 Å². The Kier molecular flexibility index (Phi) is 6.31. The zero-order valence-electron chi connectivity index (χ0n) is 11.3. The Labute approximate surface area is 120 Å². The van der Waals surface area contributed by atoms with Gasteiger partial charge in [-0.3, -0.25) is 9.89 Å². The van der Waals surface area contributed by atoms with Crippen molar-refractivity contribution in [2.75, 3.05) is 6.54 Å². The van der Waals surface area contributed by atoms with Crippen molar-refractivity contribution in [3.05, 3.63) is 17.5 Å². The minimum atomic E-state index is -0.0868. The summed E-state index contributed by atoms with van der Waals surface area (Å²) in [5.74, 6) is 0.323. The van der Waals surface area contributed by atoms with Gasteiger partial charge in [0.05, 0.1) is 0 Å². The number of nitrogens with one attached hydrogen (secondary N) is 2. The molecule has 4 N–H and O–H groups in total. The number of carbonyl (C=O) groups excluding carboxylic acids is 1. The second kappa shape index (κ2) is 7.50. The molecule has 0 radical (unpaired) electrons. The lowest BCUT2D eigenvalue weighted by Crippen LogP contribution is -2.44. The third-order valence-electron chi connectivity index (χ3n) is 3.77. The van der Waals surface area contributed by atoms with Crippen molar-refractivity contribution < 1.29 is 4.79 Å². The van der Waals surface area contributed by atoms with Crippen LogP contribution in [0.2, 0.25) is 0 Å². The lowest BCUT2D eigenvalue weighted by molar-refractivity contribution is 0.0903. The molecule has 5 nitrogen and oxygen atoms in total. The largest absolute Gasteiger partial charge is 0.348 e. The van der Waals surface area contributed by atoms with Crippen molar-refractivity contribution in [1.29, 1.82) is 0 Å². The summed E-state index contributed by atoms with van der Waals surface area (Å²) in [5, 5.41) is 9.97. The van der Waals surface area contributed by atoms with Crippen LogP contribution in [0, 0.1) is 5.92 Å². The molecule has 0 spiro atoms. The van der Waals surface area contributed by atoms with Crippen molar-refractivity contribution in [3.8, 4) is 0 Å². The normalized spacial score (nSPS) is 22.6. The number of aryl methyl sites for hydroxylation is 1. The third-order valence-corrected chi connectivity index (χ3v) is 3.77. The van der Waals surface area contributed by atoms with Crippen LogP contribution in [0.4, 0.5) is 0 Å². The molecule has 19 heavy (non-hydrogen) atoms. The molecule has 2 atom stereocenters. The van der Waals surface area contributed by atoms with Gasteiger partial charge in [0.1, 0.15) is 5.69 Å². The number of halogens is 1. The number of H-pyrrole nitrogens is 1. The van der Waals surface area contributed by atoms with Gasteiger partial charge >= 0.3 is 0 Å². The van der Waals surface area contributed by atoms with E-state index < -0.39 is 0 Å². The topological polar surface area (TPSA) is 83.8 Å². The molecule has 108 valence electrons. The Morgan fingerprint density at radius 2 is 2.26 bits per heavy atom. The zero-order valence-corrected chi connectivity index (χ0v) is 12.1. The number of nitrogens with two attached hydrogens (primary N) is 1. The van der Waals surface area contributed by atoms with Gasteiger partial charge in [0, 0.05) is 11.7 Å². The average Bonchev–Trinajstić information content (AvgIpc) is 2.88. The van der Waals surface area contributed by atoms with Gasteiger partial charge in [0.25, 0.3) is 5.91 Å². The SMILES string of the molecule is CCc1cc(C(=O)NC2CCCCC2CN)n[nH]1.Cl. The number of nitrogens with zero attached hydrogens (tertiary/aromatic N) is 1. The van der Waals surface area contributed by atoms with Crippen LogP contribution < -0.4 is 11.1 Å². The molecule has 2 rings (SSSR count). The smallest absolute Gasteiger partial charge is 0.272 e. The Morgan fingerprint density at radius 1 is 1.53 bits per heavy atom. The quantitative estimate of drug-likeness (QED) is 0.787. The van der Waals surface area contributed by atoms with Gasteiger partial charge in [-0.15, -0.1) is 12.4 Å². The number of hydrogen-bond donors (Lipinski definition) is 3. The summed E-state index contributed by atoms with van der Waals surface area (Å²) >= 11 is 0. The molecule has 0 aromatic carbocycles. The highest BCUT2D eigenvalue weighted by Gasteiger charge is 2.26. The van der Waals surface area contributed by atoms with E-state index in [0.29, 0.717) is 18.2 Å². The summed E-state index contributed by atoms with van der Waals surface area (Å²) in [6, 6.07) is 2.02. The molecule has 1 aliphatic carbocycles. The molecule has 1 aliphatic rings. The molecule has 1 heterocycles. The van der Waals surface area contributed by atoms with Crippen LogP contribution in [0.15, 0.2) is 6.07 Å². The van der Waals surface area contributed by atoms with Gasteiger partial charge < -0.3 is 11.1 Å². The van der Waals surface area contributed by atoms with E-state index in [4.69, 9.17) is 5.73 Å². The predicted octanol–water partition coefficient (Wildman–Crippen LogP) is 1.64. The highest BCUT2D eigenvalue weighted by atomic mass is 35.5. The van der Waals surface area contributed by atoms with Crippen LogP contribution in [-0.2, 0) is 6.42 Å². The van der Waals surface area contributed by atoms with Crippen LogP contribution in [0.5, 0.6) is 0 Å². The predicted molar refractivity (Wildman–Crippen MR) is 77.5 cm³/mol. The Bertz CT molecular complexity index is 407. The fourth-order valence-electron chi connectivity index (χ4n) is 2.58. The Balaban J connectivity index is 0.00000180. The minimum Gasteiger partial charge on any atom is -0.348 e. The first-order valence-corrected chi connectivity index (χ1v) is 6.79. The summed E-state index contributed by atoms with van der Waals surface area (Å²) in [6.07, 6.45) is 5.38. The molecule has 0 saturated heterocycles. The molecule has 1 fully saturated rings. The first-order chi connectivity index (χ1) is 8.74. The molecule has 1 aromatic heterocycles. The molecular weight excluding hydrogens is 264 g/mol. The van der Waals surface area contributed by atoms with Crippen LogP contribution in [0.25, 0.3) is 0 Å². The molecule has 1 amide bonds. The van der Waals surface area contributed by atoms with Gasteiger partial charge in [-0.25, -0.2) is 0 Å². The van der Waals surface area contributed by atoms with Gasteiger partial charge in [0.15, 0.2) is 0 Å². The van der Waals surface area contributed by atoms with E-state index in [0.717, 1.165) is 25.0 Å². The molecule has 6 heteroatoms. The minimum absolute atomic E-state index is 0. The van der Waals surface area contributed by atoms with Crippen molar-refractivity contribution in [1.82, 2.24) is 15.5 Å². The summed E-state index contributed by atoms with van der Waals surface area (Å²) in [7, 11) is 0. The van der Waals surface area contributed by atoms with Gasteiger partial charge in [-0.05, 0) is 37.8 Å². The van der Waals surface area contributed by atoms with Crippen LogP contribution in [-0.4, -0.2) is 28.7 Å². The average molecular weight is 287 g/mol. The number of aromatic nitrogens is 2. The first-order valence-electron chi connectivity index (χ1n) is 6.79. The number of amides is 1. The lowest BCUT2D eigenvalue weighted by Gasteiger charge is -2.31. The van der Waals surface area contributed by atoms with Gasteiger partial charge in [-0.1, -0.05) is 19.8 Å². The molecule has 1 saturated carbocycles. The van der Waals surface area contributed by atoms with Crippen molar-refractivity contribution in [2.45, 2.75) is 45.1 Å². The van der Waals surface area contributed by atoms with Crippen LogP contribution in [0.1, 0.15) is 48.8 Å². The number of aromatic amines is 1. The molecular formula is C13H23ClN4O. The number of rotatable bonds is 4. The molecule has 0 aliphatic heterocycles. The Morgan fingerprint density at radius 3 is 2.89 bits per heavy atom. The van der Waals surface area contributed by atoms with Crippen molar-refractivity contribution >= 4 is 18.3 Å². The van der Waals surface area contributed by atoms with Gasteiger partial charge in [-0.2, -0.15) is 5.10 Å². The molecule has 0 bridgehead atoms. The monoisotopic (exact) mass is 286 g/mol. The maximum absolute atomic E-state index is 12.1. The molecule has 1 aromatic rings.